The van der Waals surface area contributed by atoms with E-state index in [4.69, 9.17) is 21.9 Å². The Morgan fingerprint density at radius 2 is 2.11 bits per heavy atom. The van der Waals surface area contributed by atoms with Crippen LogP contribution in [-0.2, 0) is 5.75 Å². The summed E-state index contributed by atoms with van der Waals surface area (Å²) in [6, 6.07) is 7.51. The van der Waals surface area contributed by atoms with Gasteiger partial charge in [-0.1, -0.05) is 30.1 Å². The third-order valence-electron chi connectivity index (χ3n) is 2.58. The number of hydrogen-bond acceptors (Lipinski definition) is 5. The topological polar surface area (TPSA) is 64.9 Å². The fourth-order valence-electron chi connectivity index (χ4n) is 1.59. The Hall–Kier alpha value is -1.04. The predicted octanol–water partition coefficient (Wildman–Crippen LogP) is 3.82. The number of aromatic nitrogens is 2. The molecule has 0 bridgehead atoms. The summed E-state index contributed by atoms with van der Waals surface area (Å²) in [4.78, 5) is 5.43. The van der Waals surface area contributed by atoms with Gasteiger partial charge in [-0.3, -0.25) is 0 Å². The van der Waals surface area contributed by atoms with Crippen LogP contribution >= 0.6 is 23.4 Å². The lowest BCUT2D eigenvalue weighted by Gasteiger charge is -2.02. The number of hydrogen-bond donors (Lipinski definition) is 1. The van der Waals surface area contributed by atoms with Gasteiger partial charge in [0, 0.05) is 9.92 Å². The summed E-state index contributed by atoms with van der Waals surface area (Å²) in [5, 5.41) is 4.67. The fraction of sp³-hybridized carbons (Fsp3) is 0.385. The first kappa shape index (κ1) is 14.4. The van der Waals surface area contributed by atoms with Gasteiger partial charge in [-0.25, -0.2) is 0 Å². The lowest BCUT2D eigenvalue weighted by atomic mass is 10.2. The van der Waals surface area contributed by atoms with Gasteiger partial charge in [0.25, 0.3) is 0 Å². The molecule has 4 nitrogen and oxygen atoms in total. The molecule has 19 heavy (non-hydrogen) atoms. The van der Waals surface area contributed by atoms with E-state index in [2.05, 4.69) is 17.1 Å². The normalized spacial score (nSPS) is 12.6. The number of benzene rings is 1. The second-order valence-electron chi connectivity index (χ2n) is 4.19. The summed E-state index contributed by atoms with van der Waals surface area (Å²) in [5.41, 5.74) is 5.93. The lowest BCUT2D eigenvalue weighted by Crippen LogP contribution is -2.10. The molecule has 102 valence electrons. The van der Waals surface area contributed by atoms with Gasteiger partial charge in [0.15, 0.2) is 5.82 Å². The first-order chi connectivity index (χ1) is 9.19. The van der Waals surface area contributed by atoms with Gasteiger partial charge >= 0.3 is 0 Å². The molecule has 0 radical (unpaired) electrons. The van der Waals surface area contributed by atoms with Crippen molar-refractivity contribution >= 4 is 23.4 Å². The Balaban J connectivity index is 1.91. The number of rotatable bonds is 6. The average molecular weight is 298 g/mol. The van der Waals surface area contributed by atoms with Gasteiger partial charge < -0.3 is 10.3 Å². The van der Waals surface area contributed by atoms with Crippen LogP contribution < -0.4 is 5.73 Å². The van der Waals surface area contributed by atoms with E-state index in [9.17, 15) is 0 Å². The van der Waals surface area contributed by atoms with Crippen LogP contribution in [0.2, 0.25) is 5.02 Å². The number of thioether (sulfide) groups is 1. The zero-order valence-electron chi connectivity index (χ0n) is 10.7. The molecule has 6 heteroatoms. The van der Waals surface area contributed by atoms with Crippen molar-refractivity contribution < 1.29 is 4.52 Å². The largest absolute Gasteiger partial charge is 0.338 e. The van der Waals surface area contributed by atoms with Gasteiger partial charge in [0.05, 0.1) is 11.8 Å². The molecular formula is C13H16ClN3OS. The van der Waals surface area contributed by atoms with E-state index in [0.717, 1.165) is 22.8 Å². The Labute approximate surface area is 121 Å². The minimum Gasteiger partial charge on any atom is -0.338 e. The van der Waals surface area contributed by atoms with Gasteiger partial charge in [0.2, 0.25) is 5.89 Å². The molecule has 2 aromatic rings. The molecular weight excluding hydrogens is 282 g/mol. The molecule has 0 aliphatic carbocycles. The van der Waals surface area contributed by atoms with Gasteiger partial charge in [-0.05, 0) is 30.7 Å². The second kappa shape index (κ2) is 6.93. The molecule has 1 aromatic heterocycles. The van der Waals surface area contributed by atoms with Crippen molar-refractivity contribution in [3.8, 4) is 0 Å². The van der Waals surface area contributed by atoms with Crippen LogP contribution in [0.25, 0.3) is 0 Å². The van der Waals surface area contributed by atoms with Crippen LogP contribution in [0.4, 0.5) is 0 Å². The van der Waals surface area contributed by atoms with E-state index in [1.54, 1.807) is 11.8 Å². The van der Waals surface area contributed by atoms with Crippen LogP contribution in [-0.4, -0.2) is 10.1 Å². The number of nitrogens with two attached hydrogens (primary N) is 1. The molecule has 0 saturated carbocycles. The van der Waals surface area contributed by atoms with E-state index in [0.29, 0.717) is 17.5 Å². The zero-order valence-corrected chi connectivity index (χ0v) is 12.2. The van der Waals surface area contributed by atoms with Gasteiger partial charge in [-0.15, -0.1) is 11.8 Å². The van der Waals surface area contributed by atoms with Crippen molar-refractivity contribution in [3.05, 3.63) is 41.0 Å². The summed E-state index contributed by atoms with van der Waals surface area (Å²) >= 11 is 7.47. The monoisotopic (exact) mass is 297 g/mol. The molecule has 2 N–H and O–H groups in total. The zero-order chi connectivity index (χ0) is 13.7. The van der Waals surface area contributed by atoms with E-state index in [-0.39, 0.29) is 6.04 Å². The molecule has 1 heterocycles. The van der Waals surface area contributed by atoms with Crippen molar-refractivity contribution in [1.82, 2.24) is 10.1 Å². The van der Waals surface area contributed by atoms with E-state index in [1.807, 2.05) is 24.3 Å². The smallest absolute Gasteiger partial charge is 0.243 e. The summed E-state index contributed by atoms with van der Waals surface area (Å²) < 4.78 is 5.17. The molecule has 0 spiro atoms. The Kier molecular flexibility index (Phi) is 5.24. The quantitative estimate of drug-likeness (QED) is 0.821. The molecule has 0 aliphatic rings. The molecule has 0 aliphatic heterocycles. The van der Waals surface area contributed by atoms with Gasteiger partial charge in [0.1, 0.15) is 0 Å². The van der Waals surface area contributed by atoms with Crippen molar-refractivity contribution in [2.75, 3.05) is 0 Å². The first-order valence-electron chi connectivity index (χ1n) is 6.15. The minimum atomic E-state index is -0.160. The minimum absolute atomic E-state index is 0.160. The highest BCUT2D eigenvalue weighted by Gasteiger charge is 2.13. The molecule has 2 rings (SSSR count). The third kappa shape index (κ3) is 4.23. The molecule has 0 unspecified atom stereocenters. The van der Waals surface area contributed by atoms with Crippen LogP contribution in [0.5, 0.6) is 0 Å². The van der Waals surface area contributed by atoms with Crippen molar-refractivity contribution in [3.63, 3.8) is 0 Å². The molecule has 0 amide bonds. The SMILES string of the molecule is CCC[C@@H](N)c1nc(CSc2ccc(Cl)cc2)no1. The van der Waals surface area contributed by atoms with E-state index in [1.165, 1.54) is 0 Å². The lowest BCUT2D eigenvalue weighted by molar-refractivity contribution is 0.345. The summed E-state index contributed by atoms with van der Waals surface area (Å²) in [6.07, 6.45) is 1.85. The van der Waals surface area contributed by atoms with Crippen LogP contribution in [0.3, 0.4) is 0 Å². The van der Waals surface area contributed by atoms with Crippen molar-refractivity contribution in [2.24, 2.45) is 5.73 Å². The van der Waals surface area contributed by atoms with Crippen molar-refractivity contribution in [2.45, 2.75) is 36.5 Å². The summed E-state index contributed by atoms with van der Waals surface area (Å²) in [7, 11) is 0. The maximum absolute atomic E-state index is 5.93. The number of nitrogens with zero attached hydrogens (tertiary/aromatic N) is 2. The highest BCUT2D eigenvalue weighted by Crippen LogP contribution is 2.24. The second-order valence-corrected chi connectivity index (χ2v) is 5.67. The molecule has 0 saturated heterocycles. The van der Waals surface area contributed by atoms with E-state index >= 15 is 0 Å². The standard InChI is InChI=1S/C13H16ClN3OS/c1-2-3-11(15)13-16-12(17-18-13)8-19-10-6-4-9(14)5-7-10/h4-7,11H,2-3,8,15H2,1H3/t11-/m1/s1. The van der Waals surface area contributed by atoms with Crippen LogP contribution in [0, 0.1) is 0 Å². The Morgan fingerprint density at radius 3 is 2.79 bits per heavy atom. The molecule has 1 atom stereocenters. The van der Waals surface area contributed by atoms with Crippen LogP contribution in [0.15, 0.2) is 33.7 Å². The average Bonchev–Trinajstić information content (AvgIpc) is 2.87. The number of halogens is 1. The maximum Gasteiger partial charge on any atom is 0.243 e. The highest BCUT2D eigenvalue weighted by molar-refractivity contribution is 7.98. The summed E-state index contributed by atoms with van der Waals surface area (Å²) in [6.45, 7) is 2.08. The molecule has 0 fully saturated rings. The first-order valence-corrected chi connectivity index (χ1v) is 7.52. The van der Waals surface area contributed by atoms with Crippen molar-refractivity contribution in [1.29, 1.82) is 0 Å². The Morgan fingerprint density at radius 1 is 1.37 bits per heavy atom. The summed E-state index contributed by atoms with van der Waals surface area (Å²) in [5.74, 6) is 1.85. The Bertz CT molecular complexity index is 515. The van der Waals surface area contributed by atoms with Gasteiger partial charge in [-0.2, -0.15) is 4.98 Å². The predicted molar refractivity (Wildman–Crippen MR) is 77.1 cm³/mol. The maximum atomic E-state index is 5.93. The highest BCUT2D eigenvalue weighted by atomic mass is 35.5. The molecule has 1 aromatic carbocycles. The third-order valence-corrected chi connectivity index (χ3v) is 3.84. The fourth-order valence-corrected chi connectivity index (χ4v) is 2.46. The van der Waals surface area contributed by atoms with Crippen LogP contribution in [0.1, 0.15) is 37.5 Å². The van der Waals surface area contributed by atoms with E-state index < -0.39 is 0 Å².